The number of piperidine rings is 1. The molecule has 3 aliphatic heterocycles. The highest BCUT2D eigenvalue weighted by Crippen LogP contribution is 2.63. The molecular formula is C32H37ClN6O4. The average molecular weight is 605 g/mol. The lowest BCUT2D eigenvalue weighted by atomic mass is 9.94. The molecule has 2 saturated heterocycles. The number of imide groups is 1. The molecule has 0 bridgehead atoms. The van der Waals surface area contributed by atoms with Gasteiger partial charge in [0.2, 0.25) is 11.8 Å². The van der Waals surface area contributed by atoms with Gasteiger partial charge in [-0.3, -0.25) is 14.5 Å². The first-order valence-corrected chi connectivity index (χ1v) is 15.5. The van der Waals surface area contributed by atoms with Crippen molar-refractivity contribution in [2.75, 3.05) is 24.5 Å². The quantitative estimate of drug-likeness (QED) is 0.388. The third-order valence-corrected chi connectivity index (χ3v) is 9.71. The Morgan fingerprint density at radius 1 is 1.12 bits per heavy atom. The molecule has 0 radical (unpaired) electrons. The molecule has 1 saturated carbocycles. The van der Waals surface area contributed by atoms with Gasteiger partial charge in [-0.05, 0) is 74.8 Å². The molecule has 1 aliphatic carbocycles. The first-order valence-electron chi connectivity index (χ1n) is 15.1. The van der Waals surface area contributed by atoms with Gasteiger partial charge in [-0.1, -0.05) is 25.4 Å². The molecule has 3 fully saturated rings. The fourth-order valence-electron chi connectivity index (χ4n) is 7.39. The lowest BCUT2D eigenvalue weighted by Gasteiger charge is -2.38. The molecule has 3 unspecified atom stereocenters. The van der Waals surface area contributed by atoms with E-state index in [1.807, 2.05) is 59.0 Å². The summed E-state index contributed by atoms with van der Waals surface area (Å²) in [4.78, 5) is 49.2. The first-order chi connectivity index (χ1) is 20.3. The average Bonchev–Trinajstić information content (AvgIpc) is 3.36. The lowest BCUT2D eigenvalue weighted by molar-refractivity contribution is -0.143. The van der Waals surface area contributed by atoms with Crippen LogP contribution in [-0.2, 0) is 27.3 Å². The van der Waals surface area contributed by atoms with Crippen LogP contribution in [0.25, 0.3) is 16.8 Å². The number of ether oxygens (including phenoxy) is 1. The smallest absolute Gasteiger partial charge is 0.410 e. The van der Waals surface area contributed by atoms with Gasteiger partial charge in [-0.2, -0.15) is 5.10 Å². The molecule has 2 aromatic heterocycles. The van der Waals surface area contributed by atoms with E-state index in [-0.39, 0.29) is 47.7 Å². The minimum absolute atomic E-state index is 0.0851. The van der Waals surface area contributed by atoms with Gasteiger partial charge >= 0.3 is 6.09 Å². The molecule has 11 heteroatoms. The molecule has 3 aromatic rings. The maximum Gasteiger partial charge on any atom is 0.410 e. The van der Waals surface area contributed by atoms with E-state index in [1.54, 1.807) is 9.42 Å². The van der Waals surface area contributed by atoms with E-state index >= 15 is 0 Å². The van der Waals surface area contributed by atoms with Gasteiger partial charge in [0.25, 0.3) is 0 Å². The topological polar surface area (TPSA) is 100 Å². The largest absolute Gasteiger partial charge is 0.444 e. The third kappa shape index (κ3) is 4.65. The van der Waals surface area contributed by atoms with Crippen LogP contribution in [-0.4, -0.2) is 73.6 Å². The predicted octanol–water partition coefficient (Wildman–Crippen LogP) is 4.95. The van der Waals surface area contributed by atoms with E-state index in [4.69, 9.17) is 21.3 Å². The number of anilines is 1. The summed E-state index contributed by atoms with van der Waals surface area (Å²) in [5.74, 6) is -0.590. The van der Waals surface area contributed by atoms with Crippen molar-refractivity contribution >= 4 is 40.7 Å². The number of hydrogen-bond acceptors (Lipinski definition) is 7. The Labute approximate surface area is 255 Å². The summed E-state index contributed by atoms with van der Waals surface area (Å²) >= 11 is 6.69. The number of halogens is 1. The monoisotopic (exact) mass is 604 g/mol. The Balaban J connectivity index is 1.21. The summed E-state index contributed by atoms with van der Waals surface area (Å²) in [6.07, 6.45) is 5.83. The van der Waals surface area contributed by atoms with E-state index in [0.29, 0.717) is 18.1 Å². The highest BCUT2D eigenvalue weighted by atomic mass is 35.5. The zero-order valence-electron chi connectivity index (χ0n) is 25.3. The van der Waals surface area contributed by atoms with Crippen LogP contribution in [0.15, 0.2) is 30.7 Å². The van der Waals surface area contributed by atoms with Gasteiger partial charge in [0.05, 0.1) is 29.6 Å². The maximum absolute atomic E-state index is 13.0. The standard InChI is InChI=1S/C32H37ClN6O4/c1-31(2,3)43-30(42)36-10-8-21(16-36)37-9-6-7-19-12-20(33)13-22(27(19)37)26-23-11-18(15-39(23)35-17-34-26)14-38-28(40)24-25(29(38)41)32(24,4)5/h11-13,15,17,21,24-25H,6-10,14,16H2,1-5H3. The number of benzene rings is 1. The molecule has 5 heterocycles. The highest BCUT2D eigenvalue weighted by Gasteiger charge is 2.72. The summed E-state index contributed by atoms with van der Waals surface area (Å²) in [6, 6.07) is 6.09. The number of fused-ring (bicyclic) bond motifs is 3. The molecule has 7 rings (SSSR count). The Morgan fingerprint density at radius 3 is 2.58 bits per heavy atom. The zero-order chi connectivity index (χ0) is 30.4. The summed E-state index contributed by atoms with van der Waals surface area (Å²) in [5.41, 5.74) is 4.69. The number of nitrogens with zero attached hydrogens (tertiary/aromatic N) is 6. The number of rotatable bonds is 4. The fourth-order valence-corrected chi connectivity index (χ4v) is 7.63. The normalized spacial score (nSPS) is 24.5. The van der Waals surface area contributed by atoms with Gasteiger partial charge < -0.3 is 14.5 Å². The van der Waals surface area contributed by atoms with E-state index < -0.39 is 5.60 Å². The van der Waals surface area contributed by atoms with Crippen LogP contribution in [0, 0.1) is 17.3 Å². The van der Waals surface area contributed by atoms with E-state index in [1.165, 1.54) is 11.2 Å². The van der Waals surface area contributed by atoms with E-state index in [0.717, 1.165) is 59.4 Å². The van der Waals surface area contributed by atoms with Crippen LogP contribution >= 0.6 is 11.6 Å². The predicted molar refractivity (Wildman–Crippen MR) is 162 cm³/mol. The summed E-state index contributed by atoms with van der Waals surface area (Å²) in [6.45, 7) is 11.9. The number of aromatic nitrogens is 3. The van der Waals surface area contributed by atoms with Crippen molar-refractivity contribution in [1.29, 1.82) is 0 Å². The van der Waals surface area contributed by atoms with Crippen molar-refractivity contribution in [3.8, 4) is 11.3 Å². The van der Waals surface area contributed by atoms with Crippen LogP contribution in [0.5, 0.6) is 0 Å². The van der Waals surface area contributed by atoms with Gasteiger partial charge in [0.1, 0.15) is 11.9 Å². The molecule has 226 valence electrons. The third-order valence-electron chi connectivity index (χ3n) is 9.49. The number of carbonyl (C=O) groups is 3. The number of amides is 3. The minimum atomic E-state index is -0.544. The lowest BCUT2D eigenvalue weighted by Crippen LogP contribution is -2.43. The van der Waals surface area contributed by atoms with Gasteiger partial charge in [-0.15, -0.1) is 0 Å². The molecule has 0 N–H and O–H groups in total. The minimum Gasteiger partial charge on any atom is -0.444 e. The van der Waals surface area contributed by atoms with Gasteiger partial charge in [-0.25, -0.2) is 14.3 Å². The van der Waals surface area contributed by atoms with Crippen LogP contribution in [0.3, 0.4) is 0 Å². The van der Waals surface area contributed by atoms with Crippen LogP contribution in [0.1, 0.15) is 58.6 Å². The molecule has 3 amide bonds. The molecule has 4 aliphatic rings. The number of hydrogen-bond donors (Lipinski definition) is 0. The second-order valence-corrected chi connectivity index (χ2v) is 14.4. The molecule has 43 heavy (non-hydrogen) atoms. The highest BCUT2D eigenvalue weighted by molar-refractivity contribution is 6.31. The molecule has 0 spiro atoms. The zero-order valence-corrected chi connectivity index (χ0v) is 26.0. The van der Waals surface area contributed by atoms with Gasteiger partial charge in [0, 0.05) is 48.1 Å². The van der Waals surface area contributed by atoms with Crippen LogP contribution in [0.2, 0.25) is 5.02 Å². The maximum atomic E-state index is 13.0. The Bertz CT molecular complexity index is 1650. The number of carbonyl (C=O) groups excluding carboxylic acids is 3. The second kappa shape index (κ2) is 9.67. The van der Waals surface area contributed by atoms with E-state index in [2.05, 4.69) is 10.00 Å². The molecule has 10 nitrogen and oxygen atoms in total. The van der Waals surface area contributed by atoms with Crippen molar-refractivity contribution in [3.05, 3.63) is 46.9 Å². The number of likely N-dealkylation sites (tertiary alicyclic amines) is 2. The summed E-state index contributed by atoms with van der Waals surface area (Å²) < 4.78 is 7.41. The van der Waals surface area contributed by atoms with Gasteiger partial charge in [0.15, 0.2) is 0 Å². The Kier molecular flexibility index (Phi) is 6.33. The van der Waals surface area contributed by atoms with E-state index in [9.17, 15) is 14.4 Å². The summed E-state index contributed by atoms with van der Waals surface area (Å²) in [5, 5.41) is 5.08. The van der Waals surface area contributed by atoms with Crippen molar-refractivity contribution in [3.63, 3.8) is 0 Å². The van der Waals surface area contributed by atoms with Crippen molar-refractivity contribution in [2.24, 2.45) is 17.3 Å². The van der Waals surface area contributed by atoms with Crippen molar-refractivity contribution in [1.82, 2.24) is 24.4 Å². The Hall–Kier alpha value is -3.66. The summed E-state index contributed by atoms with van der Waals surface area (Å²) in [7, 11) is 0. The Morgan fingerprint density at radius 2 is 1.86 bits per heavy atom. The van der Waals surface area contributed by atoms with Crippen LogP contribution in [0.4, 0.5) is 10.5 Å². The van der Waals surface area contributed by atoms with Crippen LogP contribution < -0.4 is 4.90 Å². The SMILES string of the molecule is CC(C)(C)OC(=O)N1CCC(N2CCCc3cc(Cl)cc(-c4ncnn5cc(CN6C(=O)C7C(C6=O)C7(C)C)cc45)c32)C1. The first kappa shape index (κ1) is 28.1. The second-order valence-electron chi connectivity index (χ2n) is 14.0. The van der Waals surface area contributed by atoms with Crippen molar-refractivity contribution in [2.45, 2.75) is 72.1 Å². The van der Waals surface area contributed by atoms with Crippen molar-refractivity contribution < 1.29 is 19.1 Å². The number of aryl methyl sites for hydroxylation is 1. The molecule has 3 atom stereocenters. The fraction of sp³-hybridized carbons (Fsp3) is 0.531. The molecule has 1 aromatic carbocycles. The molecular weight excluding hydrogens is 568 g/mol.